The molecule has 0 aliphatic carbocycles. The van der Waals surface area contributed by atoms with Gasteiger partial charge in [0.1, 0.15) is 11.6 Å². The Hall–Kier alpha value is -3.87. The monoisotopic (exact) mass is 400 g/mol. The summed E-state index contributed by atoms with van der Waals surface area (Å²) in [6.45, 7) is 0.770. The number of para-hydroxylation sites is 2. The number of likely N-dealkylation sites (tertiary alicyclic amines) is 1. The number of hydrogen-bond acceptors (Lipinski definition) is 4. The van der Waals surface area contributed by atoms with E-state index in [4.69, 9.17) is 4.42 Å². The molecule has 1 aliphatic rings. The van der Waals surface area contributed by atoms with Crippen molar-refractivity contribution in [3.63, 3.8) is 0 Å². The van der Waals surface area contributed by atoms with E-state index in [2.05, 4.69) is 15.3 Å². The van der Waals surface area contributed by atoms with E-state index >= 15 is 0 Å². The number of benzene rings is 2. The molecule has 4 aromatic rings. The maximum atomic E-state index is 12.8. The summed E-state index contributed by atoms with van der Waals surface area (Å²) in [4.78, 5) is 34.6. The summed E-state index contributed by atoms with van der Waals surface area (Å²) in [7, 11) is 0. The average molecular weight is 400 g/mol. The third kappa shape index (κ3) is 3.57. The van der Waals surface area contributed by atoms with Gasteiger partial charge in [0.15, 0.2) is 0 Å². The zero-order chi connectivity index (χ0) is 20.5. The molecule has 1 fully saturated rings. The van der Waals surface area contributed by atoms with Gasteiger partial charge in [-0.1, -0.05) is 24.3 Å². The summed E-state index contributed by atoms with van der Waals surface area (Å²) in [5.41, 5.74) is 3.41. The Kier molecular flexibility index (Phi) is 4.55. The number of carbonyl (C=O) groups excluding carboxylic acids is 2. The van der Waals surface area contributed by atoms with Gasteiger partial charge in [-0.05, 0) is 36.4 Å². The maximum absolute atomic E-state index is 12.8. The lowest BCUT2D eigenvalue weighted by molar-refractivity contribution is -0.128. The second-order valence-electron chi connectivity index (χ2n) is 7.43. The number of imidazole rings is 1. The molecule has 0 spiro atoms. The lowest BCUT2D eigenvalue weighted by Crippen LogP contribution is -2.27. The molecule has 30 heavy (non-hydrogen) atoms. The van der Waals surface area contributed by atoms with Crippen molar-refractivity contribution in [2.75, 3.05) is 11.9 Å². The summed E-state index contributed by atoms with van der Waals surface area (Å²) in [5.74, 6) is 0.868. The lowest BCUT2D eigenvalue weighted by Gasteiger charge is -2.15. The van der Waals surface area contributed by atoms with Gasteiger partial charge in [-0.15, -0.1) is 0 Å². The van der Waals surface area contributed by atoms with Gasteiger partial charge >= 0.3 is 0 Å². The summed E-state index contributed by atoms with van der Waals surface area (Å²) in [6, 6.07) is 19.0. The summed E-state index contributed by atoms with van der Waals surface area (Å²) < 4.78 is 5.31. The molecular formula is C23H20N4O3. The minimum Gasteiger partial charge on any atom is -0.467 e. The van der Waals surface area contributed by atoms with Gasteiger partial charge in [0.2, 0.25) is 11.8 Å². The highest BCUT2D eigenvalue weighted by Gasteiger charge is 2.34. The number of aromatic nitrogens is 2. The number of hydrogen-bond donors (Lipinski definition) is 2. The Bertz CT molecular complexity index is 1180. The summed E-state index contributed by atoms with van der Waals surface area (Å²) >= 11 is 0. The molecule has 0 radical (unpaired) electrons. The number of amides is 2. The van der Waals surface area contributed by atoms with Crippen LogP contribution in [0.3, 0.4) is 0 Å². The zero-order valence-corrected chi connectivity index (χ0v) is 16.2. The fourth-order valence-corrected chi connectivity index (χ4v) is 3.77. The van der Waals surface area contributed by atoms with Crippen molar-refractivity contribution >= 4 is 28.5 Å². The molecule has 7 nitrogen and oxygen atoms in total. The van der Waals surface area contributed by atoms with Crippen LogP contribution in [0.25, 0.3) is 22.4 Å². The van der Waals surface area contributed by atoms with Crippen LogP contribution in [0.1, 0.15) is 12.2 Å². The van der Waals surface area contributed by atoms with Gasteiger partial charge in [-0.3, -0.25) is 9.59 Å². The molecule has 1 atom stereocenters. The van der Waals surface area contributed by atoms with Crippen LogP contribution in [0.2, 0.25) is 0 Å². The Morgan fingerprint density at radius 2 is 2.07 bits per heavy atom. The van der Waals surface area contributed by atoms with Crippen molar-refractivity contribution < 1.29 is 14.0 Å². The number of furan rings is 1. The number of aromatic amines is 1. The number of anilines is 1. The molecule has 150 valence electrons. The molecule has 0 saturated carbocycles. The van der Waals surface area contributed by atoms with Gasteiger partial charge in [-0.2, -0.15) is 0 Å². The van der Waals surface area contributed by atoms with Crippen LogP contribution in [0.15, 0.2) is 71.3 Å². The highest BCUT2D eigenvalue weighted by molar-refractivity contribution is 5.97. The molecule has 3 heterocycles. The minimum atomic E-state index is -0.387. The third-order valence-electron chi connectivity index (χ3n) is 5.31. The van der Waals surface area contributed by atoms with E-state index in [9.17, 15) is 9.59 Å². The molecule has 1 aliphatic heterocycles. The molecule has 1 saturated heterocycles. The van der Waals surface area contributed by atoms with Gasteiger partial charge in [0.25, 0.3) is 0 Å². The second-order valence-corrected chi connectivity index (χ2v) is 7.43. The molecule has 2 aromatic heterocycles. The predicted molar refractivity (Wildman–Crippen MR) is 112 cm³/mol. The van der Waals surface area contributed by atoms with Crippen LogP contribution in [0, 0.1) is 5.92 Å². The topological polar surface area (TPSA) is 91.2 Å². The van der Waals surface area contributed by atoms with Gasteiger partial charge in [-0.25, -0.2) is 4.98 Å². The Labute approximate surface area is 172 Å². The van der Waals surface area contributed by atoms with Crippen molar-refractivity contribution in [1.29, 1.82) is 0 Å². The first-order valence-corrected chi connectivity index (χ1v) is 9.82. The molecule has 5 rings (SSSR count). The largest absolute Gasteiger partial charge is 0.467 e. The molecule has 2 amide bonds. The van der Waals surface area contributed by atoms with Crippen molar-refractivity contribution in [2.24, 2.45) is 5.92 Å². The normalized spacial score (nSPS) is 16.3. The van der Waals surface area contributed by atoms with Crippen LogP contribution in [0.5, 0.6) is 0 Å². The van der Waals surface area contributed by atoms with Crippen LogP contribution in [0.4, 0.5) is 5.69 Å². The van der Waals surface area contributed by atoms with Gasteiger partial charge in [0, 0.05) is 24.2 Å². The van der Waals surface area contributed by atoms with Crippen molar-refractivity contribution in [3.05, 3.63) is 72.7 Å². The quantitative estimate of drug-likeness (QED) is 0.533. The van der Waals surface area contributed by atoms with E-state index in [0.29, 0.717) is 24.5 Å². The van der Waals surface area contributed by atoms with E-state index in [-0.39, 0.29) is 24.2 Å². The van der Waals surface area contributed by atoms with Crippen LogP contribution in [-0.2, 0) is 16.1 Å². The molecule has 2 aromatic carbocycles. The van der Waals surface area contributed by atoms with E-state index in [0.717, 1.165) is 22.4 Å². The Balaban J connectivity index is 1.28. The average Bonchev–Trinajstić information content (AvgIpc) is 3.49. The predicted octanol–water partition coefficient (Wildman–Crippen LogP) is 3.81. The first-order chi connectivity index (χ1) is 14.7. The van der Waals surface area contributed by atoms with Crippen molar-refractivity contribution in [1.82, 2.24) is 14.9 Å². The van der Waals surface area contributed by atoms with Gasteiger partial charge in [0.05, 0.1) is 29.8 Å². The van der Waals surface area contributed by atoms with E-state index in [1.54, 1.807) is 17.2 Å². The minimum absolute atomic E-state index is 0.0393. The number of H-pyrrole nitrogens is 1. The lowest BCUT2D eigenvalue weighted by atomic mass is 10.1. The smallest absolute Gasteiger partial charge is 0.229 e. The number of nitrogens with zero attached hydrogens (tertiary/aromatic N) is 2. The van der Waals surface area contributed by atoms with Crippen LogP contribution in [-0.4, -0.2) is 33.2 Å². The summed E-state index contributed by atoms with van der Waals surface area (Å²) in [6.07, 6.45) is 1.78. The van der Waals surface area contributed by atoms with Crippen LogP contribution >= 0.6 is 0 Å². The number of fused-ring (bicyclic) bond motifs is 1. The summed E-state index contributed by atoms with van der Waals surface area (Å²) in [5, 5.41) is 2.94. The zero-order valence-electron chi connectivity index (χ0n) is 16.2. The molecule has 0 bridgehead atoms. The number of rotatable bonds is 5. The van der Waals surface area contributed by atoms with E-state index in [1.165, 1.54) is 0 Å². The SMILES string of the molecule is O=C(Nc1cccc(-c2nc3ccccc3[nH]2)c1)[C@@H]1CC(=O)N(Cc2ccco2)C1. The first-order valence-electron chi connectivity index (χ1n) is 9.82. The Morgan fingerprint density at radius 1 is 1.17 bits per heavy atom. The fraction of sp³-hybridized carbons (Fsp3) is 0.174. The fourth-order valence-electron chi connectivity index (χ4n) is 3.77. The Morgan fingerprint density at radius 3 is 2.90 bits per heavy atom. The number of carbonyl (C=O) groups is 2. The van der Waals surface area contributed by atoms with Gasteiger partial charge < -0.3 is 19.6 Å². The highest BCUT2D eigenvalue weighted by atomic mass is 16.3. The molecule has 0 unspecified atom stereocenters. The standard InChI is InChI=1S/C23H20N4O3/c28-21-12-16(13-27(21)14-18-7-4-10-30-18)23(29)24-17-6-3-5-15(11-17)22-25-19-8-1-2-9-20(19)26-22/h1-11,16H,12-14H2,(H,24,29)(H,25,26)/t16-/m1/s1. The van der Waals surface area contributed by atoms with Crippen molar-refractivity contribution in [2.45, 2.75) is 13.0 Å². The highest BCUT2D eigenvalue weighted by Crippen LogP contribution is 2.25. The van der Waals surface area contributed by atoms with E-state index in [1.807, 2.05) is 54.6 Å². The first kappa shape index (κ1) is 18.2. The maximum Gasteiger partial charge on any atom is 0.229 e. The molecular weight excluding hydrogens is 380 g/mol. The number of nitrogens with one attached hydrogen (secondary N) is 2. The second kappa shape index (κ2) is 7.51. The van der Waals surface area contributed by atoms with Crippen molar-refractivity contribution in [3.8, 4) is 11.4 Å². The van der Waals surface area contributed by atoms with E-state index < -0.39 is 0 Å². The van der Waals surface area contributed by atoms with Crippen LogP contribution < -0.4 is 5.32 Å². The molecule has 7 heteroatoms. The molecule has 2 N–H and O–H groups in total. The third-order valence-corrected chi connectivity index (χ3v) is 5.31.